The second-order valence-corrected chi connectivity index (χ2v) is 5.04. The number of anilines is 1. The lowest BCUT2D eigenvalue weighted by Crippen LogP contribution is -2.45. The van der Waals surface area contributed by atoms with Gasteiger partial charge >= 0.3 is 12.1 Å². The van der Waals surface area contributed by atoms with E-state index in [1.165, 1.54) is 18.0 Å². The van der Waals surface area contributed by atoms with Gasteiger partial charge in [-0.05, 0) is 11.6 Å². The highest BCUT2D eigenvalue weighted by Gasteiger charge is 2.56. The summed E-state index contributed by atoms with van der Waals surface area (Å²) in [6.07, 6.45) is -5.93. The molecule has 1 aromatic rings. The third-order valence-corrected chi connectivity index (χ3v) is 3.52. The topological polar surface area (TPSA) is 46.6 Å². The smallest absolute Gasteiger partial charge is 0.390 e. The maximum atomic E-state index is 13.0. The molecule has 4 nitrogen and oxygen atoms in total. The van der Waals surface area contributed by atoms with Crippen LogP contribution in [0.15, 0.2) is 24.3 Å². The number of amides is 1. The van der Waals surface area contributed by atoms with E-state index in [1.807, 2.05) is 0 Å². The number of hydrogen-bond donors (Lipinski definition) is 0. The van der Waals surface area contributed by atoms with E-state index < -0.39 is 36.5 Å². The van der Waals surface area contributed by atoms with Crippen molar-refractivity contribution in [3.05, 3.63) is 29.8 Å². The Balaban J connectivity index is 2.53. The summed E-state index contributed by atoms with van der Waals surface area (Å²) >= 11 is 0. The van der Waals surface area contributed by atoms with Gasteiger partial charge in [0.05, 0.1) is 6.42 Å². The first kappa shape index (κ1) is 15.3. The quantitative estimate of drug-likeness (QED) is 0.806. The van der Waals surface area contributed by atoms with E-state index in [2.05, 4.69) is 0 Å². The number of hydrogen-bond acceptors (Lipinski definition) is 3. The highest BCUT2D eigenvalue weighted by Crippen LogP contribution is 2.47. The van der Waals surface area contributed by atoms with E-state index in [1.54, 1.807) is 18.2 Å². The molecule has 0 bridgehead atoms. The fourth-order valence-electron chi connectivity index (χ4n) is 2.64. The fraction of sp³-hybridized carbons (Fsp3) is 0.429. The van der Waals surface area contributed by atoms with Crippen molar-refractivity contribution in [2.45, 2.75) is 24.9 Å². The van der Waals surface area contributed by atoms with Gasteiger partial charge in [-0.2, -0.15) is 13.2 Å². The van der Waals surface area contributed by atoms with Crippen molar-refractivity contribution in [3.63, 3.8) is 0 Å². The summed E-state index contributed by atoms with van der Waals surface area (Å²) in [5.74, 6) is -1.45. The molecule has 2 rings (SSSR count). The Hall–Kier alpha value is -2.05. The molecule has 1 amide bonds. The second kappa shape index (κ2) is 5.05. The van der Waals surface area contributed by atoms with Crippen molar-refractivity contribution in [2.24, 2.45) is 0 Å². The van der Waals surface area contributed by atoms with Gasteiger partial charge in [0, 0.05) is 19.7 Å². The zero-order valence-corrected chi connectivity index (χ0v) is 11.5. The molecule has 21 heavy (non-hydrogen) atoms. The van der Waals surface area contributed by atoms with Crippen molar-refractivity contribution >= 4 is 17.6 Å². The fourth-order valence-corrected chi connectivity index (χ4v) is 2.64. The van der Waals surface area contributed by atoms with Crippen LogP contribution in [0.1, 0.15) is 18.9 Å². The SMILES string of the molecule is CC(=O)OCC1(CC(F)(F)F)C(=O)N(C)c2ccccc21. The molecule has 1 aliphatic rings. The Morgan fingerprint density at radius 2 is 1.95 bits per heavy atom. The average Bonchev–Trinajstić information content (AvgIpc) is 2.58. The number of nitrogens with zero attached hydrogens (tertiary/aromatic N) is 1. The van der Waals surface area contributed by atoms with Crippen molar-refractivity contribution in [1.29, 1.82) is 0 Å². The van der Waals surface area contributed by atoms with Crippen LogP contribution in [-0.4, -0.2) is 31.7 Å². The normalized spacial score (nSPS) is 21.4. The number of ether oxygens (including phenoxy) is 1. The summed E-state index contributed by atoms with van der Waals surface area (Å²) in [7, 11) is 1.41. The van der Waals surface area contributed by atoms with Gasteiger partial charge in [0.15, 0.2) is 0 Å². The maximum absolute atomic E-state index is 13.0. The van der Waals surface area contributed by atoms with Crippen LogP contribution in [0.25, 0.3) is 0 Å². The number of rotatable bonds is 3. The van der Waals surface area contributed by atoms with Crippen LogP contribution in [0.5, 0.6) is 0 Å². The van der Waals surface area contributed by atoms with E-state index >= 15 is 0 Å². The minimum atomic E-state index is -4.56. The van der Waals surface area contributed by atoms with Gasteiger partial charge in [-0.25, -0.2) is 0 Å². The lowest BCUT2D eigenvalue weighted by atomic mass is 9.79. The molecule has 1 atom stereocenters. The molecule has 0 spiro atoms. The summed E-state index contributed by atoms with van der Waals surface area (Å²) in [4.78, 5) is 24.6. The molecule has 0 saturated heterocycles. The van der Waals surface area contributed by atoms with E-state index in [-0.39, 0.29) is 5.56 Å². The second-order valence-electron chi connectivity index (χ2n) is 5.04. The van der Waals surface area contributed by atoms with Crippen LogP contribution in [0.2, 0.25) is 0 Å². The van der Waals surface area contributed by atoms with Gasteiger partial charge in [-0.15, -0.1) is 0 Å². The van der Waals surface area contributed by atoms with Gasteiger partial charge in [-0.1, -0.05) is 18.2 Å². The number of benzene rings is 1. The van der Waals surface area contributed by atoms with E-state index in [0.717, 1.165) is 6.92 Å². The minimum Gasteiger partial charge on any atom is -0.464 e. The molecule has 0 radical (unpaired) electrons. The van der Waals surface area contributed by atoms with Crippen LogP contribution in [0.4, 0.5) is 18.9 Å². The van der Waals surface area contributed by atoms with Crippen molar-refractivity contribution in [1.82, 2.24) is 0 Å². The molecule has 0 aromatic heterocycles. The maximum Gasteiger partial charge on any atom is 0.390 e. The monoisotopic (exact) mass is 301 g/mol. The zero-order chi connectivity index (χ0) is 15.8. The molecule has 0 aliphatic carbocycles. The van der Waals surface area contributed by atoms with Crippen LogP contribution >= 0.6 is 0 Å². The third-order valence-electron chi connectivity index (χ3n) is 3.52. The first-order chi connectivity index (χ1) is 9.67. The number of carbonyl (C=O) groups is 2. The minimum absolute atomic E-state index is 0.232. The number of alkyl halides is 3. The number of halogens is 3. The van der Waals surface area contributed by atoms with Crippen LogP contribution in [-0.2, 0) is 19.7 Å². The Morgan fingerprint density at radius 3 is 2.52 bits per heavy atom. The molecule has 1 unspecified atom stereocenters. The largest absolute Gasteiger partial charge is 0.464 e. The lowest BCUT2D eigenvalue weighted by molar-refractivity contribution is -0.166. The van der Waals surface area contributed by atoms with Crippen molar-refractivity contribution < 1.29 is 27.5 Å². The lowest BCUT2D eigenvalue weighted by Gasteiger charge is -2.28. The van der Waals surface area contributed by atoms with Gasteiger partial charge < -0.3 is 9.64 Å². The van der Waals surface area contributed by atoms with Crippen LogP contribution in [0, 0.1) is 0 Å². The highest BCUT2D eigenvalue weighted by atomic mass is 19.4. The van der Waals surface area contributed by atoms with E-state index in [9.17, 15) is 22.8 Å². The molecule has 1 aliphatic heterocycles. The van der Waals surface area contributed by atoms with Gasteiger partial charge in [0.2, 0.25) is 5.91 Å². The Kier molecular flexibility index (Phi) is 3.69. The predicted molar refractivity (Wildman–Crippen MR) is 68.8 cm³/mol. The molecule has 114 valence electrons. The van der Waals surface area contributed by atoms with Crippen molar-refractivity contribution in [3.8, 4) is 0 Å². The Bertz CT molecular complexity index is 585. The molecule has 1 aromatic carbocycles. The molecule has 1 heterocycles. The average molecular weight is 301 g/mol. The van der Waals surface area contributed by atoms with E-state index in [4.69, 9.17) is 4.74 Å². The summed E-state index contributed by atoms with van der Waals surface area (Å²) in [5.41, 5.74) is -1.27. The van der Waals surface area contributed by atoms with Crippen LogP contribution < -0.4 is 4.90 Å². The standard InChI is InChI=1S/C14H14F3NO3/c1-9(19)21-8-13(7-14(15,16)17)10-5-3-4-6-11(10)18(2)12(13)20/h3-6H,7-8H2,1-2H3. The highest BCUT2D eigenvalue weighted by molar-refractivity contribution is 6.08. The van der Waals surface area contributed by atoms with Gasteiger partial charge in [0.1, 0.15) is 12.0 Å². The van der Waals surface area contributed by atoms with Crippen LogP contribution in [0.3, 0.4) is 0 Å². The summed E-state index contributed by atoms with van der Waals surface area (Å²) in [6, 6.07) is 6.23. The first-order valence-electron chi connectivity index (χ1n) is 6.25. The number of carbonyl (C=O) groups excluding carboxylic acids is 2. The molecule has 0 saturated carbocycles. The number of fused-ring (bicyclic) bond motifs is 1. The van der Waals surface area contributed by atoms with Gasteiger partial charge in [0.25, 0.3) is 0 Å². The number of likely N-dealkylation sites (N-methyl/N-ethyl adjacent to an activating group) is 1. The molecular weight excluding hydrogens is 287 g/mol. The first-order valence-corrected chi connectivity index (χ1v) is 6.25. The summed E-state index contributed by atoms with van der Waals surface area (Å²) < 4.78 is 43.6. The van der Waals surface area contributed by atoms with Gasteiger partial charge in [-0.3, -0.25) is 9.59 Å². The molecule has 0 fully saturated rings. The predicted octanol–water partition coefficient (Wildman–Crippen LogP) is 2.42. The number of esters is 1. The Morgan fingerprint density at radius 1 is 1.33 bits per heavy atom. The zero-order valence-electron chi connectivity index (χ0n) is 11.5. The number of para-hydroxylation sites is 1. The summed E-state index contributed by atoms with van der Waals surface area (Å²) in [5, 5.41) is 0. The molecule has 0 N–H and O–H groups in total. The molecule has 7 heteroatoms. The third kappa shape index (κ3) is 2.72. The summed E-state index contributed by atoms with van der Waals surface area (Å²) in [6.45, 7) is 0.471. The molecular formula is C14H14F3NO3. The Labute approximate surface area is 119 Å². The van der Waals surface area contributed by atoms with E-state index in [0.29, 0.717) is 5.69 Å². The van der Waals surface area contributed by atoms with Crippen molar-refractivity contribution in [2.75, 3.05) is 18.6 Å².